The Bertz CT molecular complexity index is 492. The standard InChI is InChI=1S/C14H21N5/c1-11(2)19-7-5-13(18-19)9-14(17-15)8-12-4-3-6-16-10-12/h3-7,10-11,14,17H,8-9,15H2,1-2H3. The van der Waals surface area contributed by atoms with E-state index in [4.69, 9.17) is 5.84 Å². The molecule has 2 heterocycles. The molecule has 0 radical (unpaired) electrons. The van der Waals surface area contributed by atoms with Crippen molar-refractivity contribution in [3.8, 4) is 0 Å². The Balaban J connectivity index is 1.98. The molecular formula is C14H21N5. The number of nitrogens with one attached hydrogen (secondary N) is 1. The molecule has 0 bridgehead atoms. The van der Waals surface area contributed by atoms with Crippen molar-refractivity contribution in [3.05, 3.63) is 48.0 Å². The lowest BCUT2D eigenvalue weighted by Crippen LogP contribution is -2.38. The van der Waals surface area contributed by atoms with Crippen LogP contribution in [0.3, 0.4) is 0 Å². The van der Waals surface area contributed by atoms with Crippen LogP contribution in [-0.4, -0.2) is 20.8 Å². The van der Waals surface area contributed by atoms with Gasteiger partial charge >= 0.3 is 0 Å². The molecule has 0 spiro atoms. The molecule has 2 aromatic rings. The van der Waals surface area contributed by atoms with Crippen molar-refractivity contribution >= 4 is 0 Å². The molecule has 5 heteroatoms. The van der Waals surface area contributed by atoms with E-state index in [9.17, 15) is 0 Å². The number of nitrogens with two attached hydrogens (primary N) is 1. The molecule has 1 unspecified atom stereocenters. The van der Waals surface area contributed by atoms with Crippen LogP contribution in [0, 0.1) is 0 Å². The third-order valence-electron chi connectivity index (χ3n) is 3.09. The van der Waals surface area contributed by atoms with Gasteiger partial charge in [-0.2, -0.15) is 5.10 Å². The first-order valence-corrected chi connectivity index (χ1v) is 6.58. The second-order valence-electron chi connectivity index (χ2n) is 5.01. The Hall–Kier alpha value is -1.72. The molecule has 0 amide bonds. The van der Waals surface area contributed by atoms with Crippen LogP contribution < -0.4 is 11.3 Å². The summed E-state index contributed by atoms with van der Waals surface area (Å²) in [5, 5.41) is 4.54. The molecule has 2 rings (SSSR count). The summed E-state index contributed by atoms with van der Waals surface area (Å²) in [5.41, 5.74) is 5.09. The highest BCUT2D eigenvalue weighted by Crippen LogP contribution is 2.09. The van der Waals surface area contributed by atoms with Crippen molar-refractivity contribution in [2.24, 2.45) is 5.84 Å². The molecule has 1 atom stereocenters. The molecule has 0 aliphatic heterocycles. The lowest BCUT2D eigenvalue weighted by molar-refractivity contribution is 0.494. The van der Waals surface area contributed by atoms with Gasteiger partial charge in [0.15, 0.2) is 0 Å². The molecule has 0 saturated heterocycles. The van der Waals surface area contributed by atoms with Crippen molar-refractivity contribution in [2.45, 2.75) is 38.8 Å². The maximum atomic E-state index is 5.63. The van der Waals surface area contributed by atoms with Crippen LogP contribution >= 0.6 is 0 Å². The second kappa shape index (κ2) is 6.45. The Morgan fingerprint density at radius 3 is 2.74 bits per heavy atom. The van der Waals surface area contributed by atoms with E-state index in [0.717, 1.165) is 18.5 Å². The fourth-order valence-electron chi connectivity index (χ4n) is 2.02. The van der Waals surface area contributed by atoms with Gasteiger partial charge in [0.1, 0.15) is 0 Å². The fourth-order valence-corrected chi connectivity index (χ4v) is 2.02. The zero-order valence-corrected chi connectivity index (χ0v) is 11.5. The van der Waals surface area contributed by atoms with Gasteiger partial charge in [-0.25, -0.2) is 0 Å². The van der Waals surface area contributed by atoms with E-state index < -0.39 is 0 Å². The molecule has 102 valence electrons. The smallest absolute Gasteiger partial charge is 0.0640 e. The number of pyridine rings is 1. The third-order valence-corrected chi connectivity index (χ3v) is 3.09. The summed E-state index contributed by atoms with van der Waals surface area (Å²) in [6.07, 6.45) is 7.32. The highest BCUT2D eigenvalue weighted by molar-refractivity contribution is 5.12. The summed E-state index contributed by atoms with van der Waals surface area (Å²) in [4.78, 5) is 4.12. The van der Waals surface area contributed by atoms with Crippen LogP contribution in [0.4, 0.5) is 0 Å². The number of hydrogen-bond acceptors (Lipinski definition) is 4. The number of hydrazine groups is 1. The van der Waals surface area contributed by atoms with Gasteiger partial charge in [0.25, 0.3) is 0 Å². The quantitative estimate of drug-likeness (QED) is 0.609. The van der Waals surface area contributed by atoms with Crippen LogP contribution in [0.15, 0.2) is 36.8 Å². The van der Waals surface area contributed by atoms with Gasteiger partial charge in [-0.05, 0) is 38.0 Å². The third kappa shape index (κ3) is 3.87. The maximum Gasteiger partial charge on any atom is 0.0640 e. The summed E-state index contributed by atoms with van der Waals surface area (Å²) in [7, 11) is 0. The molecule has 0 saturated carbocycles. The average molecular weight is 259 g/mol. The lowest BCUT2D eigenvalue weighted by atomic mass is 10.0. The van der Waals surface area contributed by atoms with Crippen molar-refractivity contribution < 1.29 is 0 Å². The number of rotatable bonds is 6. The molecular weight excluding hydrogens is 238 g/mol. The molecule has 0 aromatic carbocycles. The van der Waals surface area contributed by atoms with Crippen LogP contribution in [0.2, 0.25) is 0 Å². The number of hydrogen-bond donors (Lipinski definition) is 2. The minimum atomic E-state index is 0.166. The average Bonchev–Trinajstić information content (AvgIpc) is 2.88. The van der Waals surface area contributed by atoms with Gasteiger partial charge < -0.3 is 0 Å². The monoisotopic (exact) mass is 259 g/mol. The van der Waals surface area contributed by atoms with Crippen LogP contribution in [0.1, 0.15) is 31.1 Å². The van der Waals surface area contributed by atoms with Gasteiger partial charge in [0, 0.05) is 37.1 Å². The van der Waals surface area contributed by atoms with Gasteiger partial charge in [0.2, 0.25) is 0 Å². The van der Waals surface area contributed by atoms with Gasteiger partial charge in [0.05, 0.1) is 5.69 Å². The predicted molar refractivity (Wildman–Crippen MR) is 75.4 cm³/mol. The molecule has 0 aliphatic rings. The van der Waals surface area contributed by atoms with Crippen LogP contribution in [0.5, 0.6) is 0 Å². The van der Waals surface area contributed by atoms with Crippen LogP contribution in [0.25, 0.3) is 0 Å². The normalized spacial score (nSPS) is 12.8. The number of nitrogens with zero attached hydrogens (tertiary/aromatic N) is 3. The molecule has 2 aromatic heterocycles. The van der Waals surface area contributed by atoms with Crippen molar-refractivity contribution in [3.63, 3.8) is 0 Å². The summed E-state index contributed by atoms with van der Waals surface area (Å²) >= 11 is 0. The fraction of sp³-hybridized carbons (Fsp3) is 0.429. The van der Waals surface area contributed by atoms with E-state index in [1.165, 1.54) is 5.56 Å². The maximum absolute atomic E-state index is 5.63. The van der Waals surface area contributed by atoms with E-state index in [2.05, 4.69) is 35.4 Å². The summed E-state index contributed by atoms with van der Waals surface area (Å²) in [6, 6.07) is 6.60. The molecule has 5 nitrogen and oxygen atoms in total. The first-order chi connectivity index (χ1) is 9.19. The number of aromatic nitrogens is 3. The van der Waals surface area contributed by atoms with Gasteiger partial charge in [-0.1, -0.05) is 6.07 Å². The summed E-state index contributed by atoms with van der Waals surface area (Å²) < 4.78 is 1.97. The van der Waals surface area contributed by atoms with Gasteiger partial charge in [-0.15, -0.1) is 0 Å². The Morgan fingerprint density at radius 2 is 2.16 bits per heavy atom. The molecule has 0 aliphatic carbocycles. The highest BCUT2D eigenvalue weighted by Gasteiger charge is 2.11. The molecule has 19 heavy (non-hydrogen) atoms. The minimum Gasteiger partial charge on any atom is -0.271 e. The second-order valence-corrected chi connectivity index (χ2v) is 5.01. The largest absolute Gasteiger partial charge is 0.271 e. The summed E-state index contributed by atoms with van der Waals surface area (Å²) in [6.45, 7) is 4.23. The topological polar surface area (TPSA) is 68.8 Å². The Labute approximate surface area is 113 Å². The van der Waals surface area contributed by atoms with E-state index in [0.29, 0.717) is 6.04 Å². The van der Waals surface area contributed by atoms with E-state index >= 15 is 0 Å². The summed E-state index contributed by atoms with van der Waals surface area (Å²) in [5.74, 6) is 5.63. The minimum absolute atomic E-state index is 0.166. The first kappa shape index (κ1) is 13.7. The van der Waals surface area contributed by atoms with Crippen LogP contribution in [-0.2, 0) is 12.8 Å². The zero-order chi connectivity index (χ0) is 13.7. The first-order valence-electron chi connectivity index (χ1n) is 6.58. The van der Waals surface area contributed by atoms with Gasteiger partial charge in [-0.3, -0.25) is 20.9 Å². The highest BCUT2D eigenvalue weighted by atomic mass is 15.3. The predicted octanol–water partition coefficient (Wildman–Crippen LogP) is 1.48. The molecule has 0 fully saturated rings. The zero-order valence-electron chi connectivity index (χ0n) is 11.5. The van der Waals surface area contributed by atoms with E-state index in [1.807, 2.05) is 29.2 Å². The van der Waals surface area contributed by atoms with E-state index in [-0.39, 0.29) is 6.04 Å². The van der Waals surface area contributed by atoms with Crippen molar-refractivity contribution in [1.29, 1.82) is 0 Å². The van der Waals surface area contributed by atoms with E-state index in [1.54, 1.807) is 6.20 Å². The van der Waals surface area contributed by atoms with Crippen molar-refractivity contribution in [1.82, 2.24) is 20.2 Å². The SMILES string of the molecule is CC(C)n1ccc(CC(Cc2cccnc2)NN)n1. The Morgan fingerprint density at radius 1 is 1.32 bits per heavy atom. The lowest BCUT2D eigenvalue weighted by Gasteiger charge is -2.14. The molecule has 3 N–H and O–H groups in total. The Kier molecular flexibility index (Phi) is 4.65. The van der Waals surface area contributed by atoms with Crippen molar-refractivity contribution in [2.75, 3.05) is 0 Å².